The normalized spacial score (nSPS) is 15.1. The van der Waals surface area contributed by atoms with Gasteiger partial charge in [-0.3, -0.25) is 4.79 Å². The summed E-state index contributed by atoms with van der Waals surface area (Å²) in [5.74, 6) is -0.340. The topological polar surface area (TPSA) is 57.7 Å². The molecule has 1 saturated heterocycles. The van der Waals surface area contributed by atoms with E-state index in [2.05, 4.69) is 0 Å². The number of sulfonamides is 1. The van der Waals surface area contributed by atoms with E-state index in [0.717, 1.165) is 12.1 Å². The summed E-state index contributed by atoms with van der Waals surface area (Å²) in [7, 11) is -2.26. The molecule has 0 spiro atoms. The molecule has 0 aromatic heterocycles. The number of anilines is 1. The zero-order chi connectivity index (χ0) is 18.9. The molecule has 0 atom stereocenters. The lowest BCUT2D eigenvalue weighted by molar-refractivity contribution is -0.117. The number of amides is 1. The first-order valence-corrected chi connectivity index (χ1v) is 9.85. The predicted molar refractivity (Wildman–Crippen MR) is 97.8 cm³/mol. The molecule has 7 heteroatoms. The first kappa shape index (κ1) is 18.5. The van der Waals surface area contributed by atoms with Crippen LogP contribution in [0.4, 0.5) is 10.1 Å². The van der Waals surface area contributed by atoms with Crippen molar-refractivity contribution in [1.29, 1.82) is 0 Å². The van der Waals surface area contributed by atoms with Gasteiger partial charge in [0.05, 0.1) is 4.90 Å². The number of aryl methyl sites for hydroxylation is 1. The number of carbonyl (C=O) groups is 1. The van der Waals surface area contributed by atoms with Crippen molar-refractivity contribution in [3.05, 3.63) is 59.4 Å². The van der Waals surface area contributed by atoms with E-state index in [4.69, 9.17) is 0 Å². The van der Waals surface area contributed by atoms with Crippen molar-refractivity contribution >= 4 is 21.6 Å². The van der Waals surface area contributed by atoms with Crippen LogP contribution in [0.3, 0.4) is 0 Å². The molecule has 0 bridgehead atoms. The SMILES string of the molecule is Cc1cc(N2CCCC2=O)ccc1S(=O)(=O)N(C)Cc1cccc(F)c1. The number of benzene rings is 2. The molecule has 1 heterocycles. The van der Waals surface area contributed by atoms with Gasteiger partial charge in [-0.05, 0) is 54.8 Å². The maximum absolute atomic E-state index is 13.3. The van der Waals surface area contributed by atoms with Crippen molar-refractivity contribution in [2.75, 3.05) is 18.5 Å². The van der Waals surface area contributed by atoms with Gasteiger partial charge in [-0.1, -0.05) is 12.1 Å². The monoisotopic (exact) mass is 376 g/mol. The minimum absolute atomic E-state index is 0.0585. The van der Waals surface area contributed by atoms with Crippen molar-refractivity contribution in [3.63, 3.8) is 0 Å². The third kappa shape index (κ3) is 3.64. The Hall–Kier alpha value is -2.25. The summed E-state index contributed by atoms with van der Waals surface area (Å²) < 4.78 is 40.3. The second-order valence-corrected chi connectivity index (χ2v) is 8.50. The van der Waals surface area contributed by atoms with Gasteiger partial charge in [0, 0.05) is 32.2 Å². The smallest absolute Gasteiger partial charge is 0.243 e. The molecular formula is C19H21FN2O3S. The average molecular weight is 376 g/mol. The maximum Gasteiger partial charge on any atom is 0.243 e. The second-order valence-electron chi connectivity index (χ2n) is 6.49. The highest BCUT2D eigenvalue weighted by Crippen LogP contribution is 2.27. The molecule has 2 aromatic carbocycles. The van der Waals surface area contributed by atoms with E-state index >= 15 is 0 Å². The Balaban J connectivity index is 1.85. The molecule has 26 heavy (non-hydrogen) atoms. The fraction of sp³-hybridized carbons (Fsp3) is 0.316. The molecule has 1 aliphatic heterocycles. The van der Waals surface area contributed by atoms with E-state index < -0.39 is 15.8 Å². The van der Waals surface area contributed by atoms with Gasteiger partial charge in [0.25, 0.3) is 0 Å². The minimum atomic E-state index is -3.73. The van der Waals surface area contributed by atoms with Gasteiger partial charge in [-0.2, -0.15) is 4.31 Å². The zero-order valence-electron chi connectivity index (χ0n) is 14.8. The Morgan fingerprint density at radius 1 is 1.19 bits per heavy atom. The van der Waals surface area contributed by atoms with Crippen LogP contribution < -0.4 is 4.90 Å². The number of halogens is 1. The van der Waals surface area contributed by atoms with Crippen molar-refractivity contribution in [2.45, 2.75) is 31.2 Å². The van der Waals surface area contributed by atoms with Crippen LogP contribution in [0.2, 0.25) is 0 Å². The second kappa shape index (κ2) is 7.17. The molecule has 2 aromatic rings. The molecule has 0 N–H and O–H groups in total. The van der Waals surface area contributed by atoms with Gasteiger partial charge >= 0.3 is 0 Å². The quantitative estimate of drug-likeness (QED) is 0.806. The van der Waals surface area contributed by atoms with Crippen LogP contribution in [0.1, 0.15) is 24.0 Å². The first-order chi connectivity index (χ1) is 12.3. The van der Waals surface area contributed by atoms with Gasteiger partial charge in [0.2, 0.25) is 15.9 Å². The highest BCUT2D eigenvalue weighted by Gasteiger charge is 2.26. The Morgan fingerprint density at radius 3 is 2.58 bits per heavy atom. The van der Waals surface area contributed by atoms with Gasteiger partial charge in [0.15, 0.2) is 0 Å². The Morgan fingerprint density at radius 2 is 1.96 bits per heavy atom. The third-order valence-corrected chi connectivity index (χ3v) is 6.49. The van der Waals surface area contributed by atoms with E-state index in [1.807, 2.05) is 0 Å². The minimum Gasteiger partial charge on any atom is -0.312 e. The van der Waals surface area contributed by atoms with E-state index in [-0.39, 0.29) is 17.3 Å². The van der Waals surface area contributed by atoms with Crippen molar-refractivity contribution in [2.24, 2.45) is 0 Å². The number of hydrogen-bond donors (Lipinski definition) is 0. The van der Waals surface area contributed by atoms with Crippen molar-refractivity contribution in [1.82, 2.24) is 4.31 Å². The van der Waals surface area contributed by atoms with Crippen LogP contribution in [0.15, 0.2) is 47.4 Å². The van der Waals surface area contributed by atoms with Crippen molar-refractivity contribution in [3.8, 4) is 0 Å². The Bertz CT molecular complexity index is 944. The molecule has 1 aliphatic rings. The van der Waals surface area contributed by atoms with E-state index in [9.17, 15) is 17.6 Å². The summed E-state index contributed by atoms with van der Waals surface area (Å²) in [5, 5.41) is 0. The highest BCUT2D eigenvalue weighted by atomic mass is 32.2. The summed E-state index contributed by atoms with van der Waals surface area (Å²) in [5.41, 5.74) is 1.87. The molecule has 3 rings (SSSR count). The first-order valence-electron chi connectivity index (χ1n) is 8.41. The van der Waals surface area contributed by atoms with Gasteiger partial charge < -0.3 is 4.90 Å². The fourth-order valence-electron chi connectivity index (χ4n) is 3.16. The van der Waals surface area contributed by atoms with Gasteiger partial charge in [-0.15, -0.1) is 0 Å². The third-order valence-electron chi connectivity index (χ3n) is 4.53. The molecule has 0 saturated carbocycles. The standard InChI is InChI=1S/C19H21FN2O3S/c1-14-11-17(22-10-4-7-19(22)23)8-9-18(14)26(24,25)21(2)13-15-5-3-6-16(20)12-15/h3,5-6,8-9,11-12H,4,7,10,13H2,1-2H3. The summed E-state index contributed by atoms with van der Waals surface area (Å²) in [4.78, 5) is 13.7. The largest absolute Gasteiger partial charge is 0.312 e. The van der Waals surface area contributed by atoms with Crippen LogP contribution in [0.5, 0.6) is 0 Å². The van der Waals surface area contributed by atoms with Crippen LogP contribution in [0, 0.1) is 12.7 Å². The van der Waals surface area contributed by atoms with Crippen LogP contribution in [-0.2, 0) is 21.4 Å². The van der Waals surface area contributed by atoms with Crippen molar-refractivity contribution < 1.29 is 17.6 Å². The average Bonchev–Trinajstić information content (AvgIpc) is 3.00. The molecule has 1 fully saturated rings. The summed E-state index contributed by atoms with van der Waals surface area (Å²) in [6, 6.07) is 10.8. The van der Waals surface area contributed by atoms with Crippen LogP contribution in [-0.4, -0.2) is 32.2 Å². The molecule has 5 nitrogen and oxygen atoms in total. The fourth-order valence-corrected chi connectivity index (χ4v) is 4.52. The number of hydrogen-bond acceptors (Lipinski definition) is 3. The molecule has 0 aliphatic carbocycles. The molecule has 138 valence electrons. The van der Waals surface area contributed by atoms with E-state index in [1.165, 1.54) is 29.6 Å². The maximum atomic E-state index is 13.3. The lowest BCUT2D eigenvalue weighted by Crippen LogP contribution is -2.28. The number of rotatable bonds is 5. The zero-order valence-corrected chi connectivity index (χ0v) is 15.6. The highest BCUT2D eigenvalue weighted by molar-refractivity contribution is 7.89. The number of carbonyl (C=O) groups excluding carboxylic acids is 1. The lowest BCUT2D eigenvalue weighted by atomic mass is 10.2. The summed E-state index contributed by atoms with van der Waals surface area (Å²) >= 11 is 0. The molecule has 0 unspecified atom stereocenters. The van der Waals surface area contributed by atoms with Gasteiger partial charge in [-0.25, -0.2) is 12.8 Å². The summed E-state index contributed by atoms with van der Waals surface area (Å²) in [6.07, 6.45) is 1.34. The Kier molecular flexibility index (Phi) is 5.11. The van der Waals surface area contributed by atoms with Gasteiger partial charge in [0.1, 0.15) is 5.82 Å². The van der Waals surface area contributed by atoms with Crippen LogP contribution >= 0.6 is 0 Å². The number of nitrogens with zero attached hydrogens (tertiary/aromatic N) is 2. The van der Waals surface area contributed by atoms with Crippen LogP contribution in [0.25, 0.3) is 0 Å². The van der Waals surface area contributed by atoms with E-state index in [0.29, 0.717) is 24.1 Å². The lowest BCUT2D eigenvalue weighted by Gasteiger charge is -2.21. The molecule has 1 amide bonds. The predicted octanol–water partition coefficient (Wildman–Crippen LogP) is 3.08. The Labute approximate surface area is 153 Å². The molecular weight excluding hydrogens is 355 g/mol. The summed E-state index contributed by atoms with van der Waals surface area (Å²) in [6.45, 7) is 2.45. The molecule has 0 radical (unpaired) electrons. The van der Waals surface area contributed by atoms with E-state index in [1.54, 1.807) is 36.1 Å².